The number of carbonyl (C=O) groups excluding carboxylic acids is 3. The van der Waals surface area contributed by atoms with E-state index in [-0.39, 0.29) is 48.6 Å². The molecule has 1 fully saturated rings. The summed E-state index contributed by atoms with van der Waals surface area (Å²) in [5, 5.41) is 20.5. The summed E-state index contributed by atoms with van der Waals surface area (Å²) >= 11 is 0. The minimum Gasteiger partial charge on any atom is -0.391 e. The van der Waals surface area contributed by atoms with Gasteiger partial charge in [-0.15, -0.1) is 0 Å². The van der Waals surface area contributed by atoms with E-state index in [1.165, 1.54) is 19.3 Å². The molecule has 0 radical (unpaired) electrons. The highest BCUT2D eigenvalue weighted by Crippen LogP contribution is 2.30. The molecule has 1 aromatic rings. The van der Waals surface area contributed by atoms with E-state index in [4.69, 9.17) is 0 Å². The molecule has 5 atom stereocenters. The Hall–Kier alpha value is -2.48. The SMILES string of the molecule is CCCCCC(=O)N[C@@H](CC1CCCCC1)[C@@H](O)C[C@H](C(=O)N[C@H](C(=O)NCc1ccccn1)C(C)CC)C(C)C. The minimum absolute atomic E-state index is 0.0229. The fourth-order valence-corrected chi connectivity index (χ4v) is 5.77. The van der Waals surface area contributed by atoms with E-state index in [2.05, 4.69) is 27.9 Å². The molecule has 1 aromatic heterocycles. The molecule has 1 unspecified atom stereocenters. The number of aliphatic hydroxyl groups is 1. The summed E-state index contributed by atoms with van der Waals surface area (Å²) in [6.45, 7) is 10.3. The van der Waals surface area contributed by atoms with Crippen molar-refractivity contribution in [3.05, 3.63) is 30.1 Å². The lowest BCUT2D eigenvalue weighted by Crippen LogP contribution is -2.53. The molecule has 1 aliphatic rings. The quantitative estimate of drug-likeness (QED) is 0.178. The summed E-state index contributed by atoms with van der Waals surface area (Å²) in [5.41, 5.74) is 0.749. The molecular formula is C33H56N4O4. The normalized spacial score (nSPS) is 17.7. The summed E-state index contributed by atoms with van der Waals surface area (Å²) in [5.74, 6) is -0.630. The van der Waals surface area contributed by atoms with Gasteiger partial charge in [-0.25, -0.2) is 0 Å². The van der Waals surface area contributed by atoms with Gasteiger partial charge in [-0.1, -0.05) is 92.1 Å². The van der Waals surface area contributed by atoms with E-state index in [0.29, 0.717) is 12.3 Å². The predicted octanol–water partition coefficient (Wildman–Crippen LogP) is 5.29. The molecule has 0 spiro atoms. The van der Waals surface area contributed by atoms with Crippen molar-refractivity contribution in [2.75, 3.05) is 0 Å². The molecule has 1 saturated carbocycles. The topological polar surface area (TPSA) is 120 Å². The lowest BCUT2D eigenvalue weighted by molar-refractivity contribution is -0.134. The smallest absolute Gasteiger partial charge is 0.243 e. The summed E-state index contributed by atoms with van der Waals surface area (Å²) in [7, 11) is 0. The first-order valence-corrected chi connectivity index (χ1v) is 16.1. The van der Waals surface area contributed by atoms with Crippen molar-refractivity contribution >= 4 is 17.7 Å². The number of aliphatic hydroxyl groups excluding tert-OH is 1. The van der Waals surface area contributed by atoms with Crippen LogP contribution in [0.4, 0.5) is 0 Å². The van der Waals surface area contributed by atoms with Crippen molar-refractivity contribution in [2.45, 2.75) is 136 Å². The Balaban J connectivity index is 2.10. The van der Waals surface area contributed by atoms with Crippen LogP contribution in [0.5, 0.6) is 0 Å². The Morgan fingerprint density at radius 2 is 1.73 bits per heavy atom. The molecule has 232 valence electrons. The van der Waals surface area contributed by atoms with Crippen LogP contribution in [0.1, 0.15) is 117 Å². The minimum atomic E-state index is -0.842. The number of hydrogen-bond acceptors (Lipinski definition) is 5. The zero-order chi connectivity index (χ0) is 30.2. The molecule has 0 bridgehead atoms. The number of nitrogens with zero attached hydrogens (tertiary/aromatic N) is 1. The molecule has 1 heterocycles. The number of aromatic nitrogens is 1. The monoisotopic (exact) mass is 572 g/mol. The number of pyridine rings is 1. The second kappa shape index (κ2) is 18.9. The summed E-state index contributed by atoms with van der Waals surface area (Å²) in [6.07, 6.45) is 11.7. The highest BCUT2D eigenvalue weighted by molar-refractivity contribution is 5.88. The van der Waals surface area contributed by atoms with Crippen LogP contribution in [0.25, 0.3) is 0 Å². The highest BCUT2D eigenvalue weighted by Gasteiger charge is 2.34. The standard InChI is InChI=1S/C33H56N4O4/c1-6-8-10-18-30(39)36-28(20-25-15-11-9-12-16-25)29(38)21-27(23(3)4)32(40)37-31(24(5)7-2)33(41)35-22-26-17-13-14-19-34-26/h13-14,17,19,23-25,27-29,31,38H,6-12,15-16,18,20-22H2,1-5H3,(H,35,41)(H,36,39)(H,37,40)/t24?,27-,28-,29-,31-/m0/s1. The molecule has 0 saturated heterocycles. The molecule has 0 aliphatic heterocycles. The second-order valence-corrected chi connectivity index (χ2v) is 12.4. The molecule has 8 nitrogen and oxygen atoms in total. The maximum atomic E-state index is 13.6. The maximum Gasteiger partial charge on any atom is 0.243 e. The van der Waals surface area contributed by atoms with Crippen LogP contribution in [0.2, 0.25) is 0 Å². The van der Waals surface area contributed by atoms with Crippen LogP contribution in [0, 0.1) is 23.7 Å². The van der Waals surface area contributed by atoms with Crippen LogP contribution in [-0.4, -0.2) is 46.0 Å². The fourth-order valence-electron chi connectivity index (χ4n) is 5.77. The van der Waals surface area contributed by atoms with Crippen LogP contribution in [0.15, 0.2) is 24.4 Å². The Morgan fingerprint density at radius 3 is 2.34 bits per heavy atom. The lowest BCUT2D eigenvalue weighted by Gasteiger charge is -2.33. The number of rotatable bonds is 18. The average molecular weight is 573 g/mol. The Kier molecular flexibility index (Phi) is 16.0. The van der Waals surface area contributed by atoms with Crippen molar-refractivity contribution in [3.63, 3.8) is 0 Å². The second-order valence-electron chi connectivity index (χ2n) is 12.4. The third kappa shape index (κ3) is 12.5. The lowest BCUT2D eigenvalue weighted by atomic mass is 9.81. The van der Waals surface area contributed by atoms with E-state index < -0.39 is 18.1 Å². The maximum absolute atomic E-state index is 13.6. The van der Waals surface area contributed by atoms with E-state index in [0.717, 1.165) is 50.6 Å². The average Bonchev–Trinajstić information content (AvgIpc) is 2.97. The third-order valence-corrected chi connectivity index (χ3v) is 8.73. The van der Waals surface area contributed by atoms with E-state index >= 15 is 0 Å². The van der Waals surface area contributed by atoms with Crippen LogP contribution in [0.3, 0.4) is 0 Å². The van der Waals surface area contributed by atoms with Crippen molar-refractivity contribution in [2.24, 2.45) is 23.7 Å². The van der Waals surface area contributed by atoms with Gasteiger partial charge in [0.2, 0.25) is 17.7 Å². The third-order valence-electron chi connectivity index (χ3n) is 8.73. The van der Waals surface area contributed by atoms with Crippen molar-refractivity contribution in [1.29, 1.82) is 0 Å². The van der Waals surface area contributed by atoms with Crippen molar-refractivity contribution < 1.29 is 19.5 Å². The van der Waals surface area contributed by atoms with Gasteiger partial charge in [0.15, 0.2) is 0 Å². The summed E-state index contributed by atoms with van der Waals surface area (Å²) in [6, 6.07) is 4.47. The molecule has 0 aromatic carbocycles. The van der Waals surface area contributed by atoms with Gasteiger partial charge >= 0.3 is 0 Å². The predicted molar refractivity (Wildman–Crippen MR) is 164 cm³/mol. The first kappa shape index (κ1) is 34.7. The van der Waals surface area contributed by atoms with Gasteiger partial charge in [-0.3, -0.25) is 19.4 Å². The molecule has 3 amide bonds. The summed E-state index contributed by atoms with van der Waals surface area (Å²) in [4.78, 5) is 43.8. The zero-order valence-corrected chi connectivity index (χ0v) is 26.2. The van der Waals surface area contributed by atoms with E-state index in [9.17, 15) is 19.5 Å². The van der Waals surface area contributed by atoms with Gasteiger partial charge in [0, 0.05) is 18.5 Å². The van der Waals surface area contributed by atoms with Gasteiger partial charge in [-0.2, -0.15) is 0 Å². The molecule has 4 N–H and O–H groups in total. The van der Waals surface area contributed by atoms with E-state index in [1.807, 2.05) is 45.9 Å². The number of nitrogens with one attached hydrogen (secondary N) is 3. The van der Waals surface area contributed by atoms with Gasteiger partial charge in [0.1, 0.15) is 6.04 Å². The first-order chi connectivity index (χ1) is 19.7. The van der Waals surface area contributed by atoms with E-state index in [1.54, 1.807) is 6.20 Å². The number of hydrogen-bond donors (Lipinski definition) is 4. The number of carbonyl (C=O) groups is 3. The highest BCUT2D eigenvalue weighted by atomic mass is 16.3. The Labute approximate surface area is 248 Å². The molecule has 1 aliphatic carbocycles. The number of unbranched alkanes of at least 4 members (excludes halogenated alkanes) is 2. The first-order valence-electron chi connectivity index (χ1n) is 16.1. The number of amides is 3. The molecule has 41 heavy (non-hydrogen) atoms. The molecule has 2 rings (SSSR count). The molecule has 8 heteroatoms. The van der Waals surface area contributed by atoms with Crippen molar-refractivity contribution in [1.82, 2.24) is 20.9 Å². The summed E-state index contributed by atoms with van der Waals surface area (Å²) < 4.78 is 0. The Morgan fingerprint density at radius 1 is 1.00 bits per heavy atom. The van der Waals surface area contributed by atoms with Gasteiger partial charge in [0.05, 0.1) is 24.4 Å². The van der Waals surface area contributed by atoms with Gasteiger partial charge in [-0.05, 0) is 49.1 Å². The van der Waals surface area contributed by atoms with Crippen LogP contribution >= 0.6 is 0 Å². The van der Waals surface area contributed by atoms with Gasteiger partial charge in [0.25, 0.3) is 0 Å². The Bertz CT molecular complexity index is 904. The molecular weight excluding hydrogens is 516 g/mol. The van der Waals surface area contributed by atoms with Gasteiger partial charge < -0.3 is 21.1 Å². The largest absolute Gasteiger partial charge is 0.391 e. The van der Waals surface area contributed by atoms with Crippen molar-refractivity contribution in [3.8, 4) is 0 Å². The van der Waals surface area contributed by atoms with Crippen LogP contribution in [-0.2, 0) is 20.9 Å². The zero-order valence-electron chi connectivity index (χ0n) is 26.2. The van der Waals surface area contributed by atoms with Crippen LogP contribution < -0.4 is 16.0 Å². The fraction of sp³-hybridized carbons (Fsp3) is 0.758.